The van der Waals surface area contributed by atoms with E-state index in [-0.39, 0.29) is 4.90 Å². The van der Waals surface area contributed by atoms with Crippen molar-refractivity contribution in [2.75, 3.05) is 25.0 Å². The van der Waals surface area contributed by atoms with Gasteiger partial charge in [0, 0.05) is 25.8 Å². The molecule has 1 aromatic heterocycles. The Kier molecular flexibility index (Phi) is 5.22. The topological polar surface area (TPSA) is 62.3 Å². The first kappa shape index (κ1) is 16.2. The summed E-state index contributed by atoms with van der Waals surface area (Å²) in [5, 5.41) is 3.06. The Morgan fingerprint density at radius 1 is 1.33 bits per heavy atom. The van der Waals surface area contributed by atoms with Crippen molar-refractivity contribution in [1.82, 2.24) is 9.29 Å². The van der Waals surface area contributed by atoms with Crippen LogP contribution in [0.1, 0.15) is 33.6 Å². The fourth-order valence-corrected chi connectivity index (χ4v) is 4.17. The van der Waals surface area contributed by atoms with Crippen molar-refractivity contribution in [3.05, 3.63) is 18.3 Å². The summed E-state index contributed by atoms with van der Waals surface area (Å²) >= 11 is 0. The molecule has 0 spiro atoms. The fourth-order valence-electron chi connectivity index (χ4n) is 2.75. The smallest absolute Gasteiger partial charge is 0.244 e. The van der Waals surface area contributed by atoms with Crippen LogP contribution in [0.4, 0.5) is 5.82 Å². The molecule has 6 heteroatoms. The number of rotatable bonds is 5. The number of hydrogen-bond donors (Lipinski definition) is 1. The summed E-state index contributed by atoms with van der Waals surface area (Å²) in [4.78, 5) is 4.44. The van der Waals surface area contributed by atoms with Gasteiger partial charge in [0.2, 0.25) is 10.0 Å². The molecule has 0 unspecified atom stereocenters. The van der Waals surface area contributed by atoms with Crippen LogP contribution in [0.3, 0.4) is 0 Å². The highest BCUT2D eigenvalue weighted by Gasteiger charge is 2.30. The summed E-state index contributed by atoms with van der Waals surface area (Å²) < 4.78 is 26.8. The van der Waals surface area contributed by atoms with E-state index in [0.717, 1.165) is 19.4 Å². The van der Waals surface area contributed by atoms with Crippen LogP contribution in [0.2, 0.25) is 0 Å². The highest BCUT2D eigenvalue weighted by Crippen LogP contribution is 2.28. The third-order valence-corrected chi connectivity index (χ3v) is 6.06. The molecule has 2 heterocycles. The molecule has 0 amide bonds. The molecular formula is C15H25N3O2S. The Bertz CT molecular complexity index is 547. The molecule has 118 valence electrons. The third kappa shape index (κ3) is 3.74. The molecule has 1 aliphatic rings. The predicted molar refractivity (Wildman–Crippen MR) is 84.7 cm³/mol. The van der Waals surface area contributed by atoms with Gasteiger partial charge in [-0.05, 0) is 43.7 Å². The van der Waals surface area contributed by atoms with Crippen LogP contribution >= 0.6 is 0 Å². The van der Waals surface area contributed by atoms with E-state index in [9.17, 15) is 8.42 Å². The highest BCUT2D eigenvalue weighted by atomic mass is 32.2. The van der Waals surface area contributed by atoms with E-state index >= 15 is 0 Å². The molecule has 21 heavy (non-hydrogen) atoms. The highest BCUT2D eigenvalue weighted by molar-refractivity contribution is 7.89. The third-order valence-electron chi connectivity index (χ3n) is 4.17. The monoisotopic (exact) mass is 311 g/mol. The van der Waals surface area contributed by atoms with Gasteiger partial charge in [0.25, 0.3) is 0 Å². The lowest BCUT2D eigenvalue weighted by Gasteiger charge is -2.33. The number of anilines is 1. The Hall–Kier alpha value is -1.14. The molecule has 0 saturated carbocycles. The first-order chi connectivity index (χ1) is 9.95. The molecule has 0 aromatic carbocycles. The zero-order chi connectivity index (χ0) is 15.5. The van der Waals surface area contributed by atoms with Crippen LogP contribution in [0, 0.1) is 11.8 Å². The molecule has 0 radical (unpaired) electrons. The van der Waals surface area contributed by atoms with Crippen LogP contribution in [-0.4, -0.2) is 37.3 Å². The van der Waals surface area contributed by atoms with Gasteiger partial charge >= 0.3 is 0 Å². The number of nitrogens with zero attached hydrogens (tertiary/aromatic N) is 2. The molecule has 1 N–H and O–H groups in total. The Balaban J connectivity index is 2.08. The average Bonchev–Trinajstić information content (AvgIpc) is 2.48. The van der Waals surface area contributed by atoms with Gasteiger partial charge in [-0.25, -0.2) is 13.4 Å². The number of nitrogens with one attached hydrogen (secondary N) is 1. The molecule has 0 aliphatic carbocycles. The van der Waals surface area contributed by atoms with Crippen molar-refractivity contribution >= 4 is 15.8 Å². The number of aromatic nitrogens is 1. The van der Waals surface area contributed by atoms with Crippen molar-refractivity contribution in [3.63, 3.8) is 0 Å². The molecule has 1 fully saturated rings. The summed E-state index contributed by atoms with van der Waals surface area (Å²) in [6.45, 7) is 8.38. The van der Waals surface area contributed by atoms with E-state index < -0.39 is 10.0 Å². The molecule has 5 nitrogen and oxygen atoms in total. The van der Waals surface area contributed by atoms with E-state index in [2.05, 4.69) is 24.1 Å². The van der Waals surface area contributed by atoms with Gasteiger partial charge in [-0.2, -0.15) is 4.31 Å². The van der Waals surface area contributed by atoms with E-state index in [1.54, 1.807) is 16.4 Å². The minimum atomic E-state index is -3.40. The minimum absolute atomic E-state index is 0.284. The Labute approximate surface area is 127 Å². The van der Waals surface area contributed by atoms with Gasteiger partial charge in [-0.1, -0.05) is 13.8 Å². The van der Waals surface area contributed by atoms with Gasteiger partial charge in [0.1, 0.15) is 10.7 Å². The largest absolute Gasteiger partial charge is 0.370 e. The van der Waals surface area contributed by atoms with Gasteiger partial charge in [0.15, 0.2) is 0 Å². The second-order valence-corrected chi connectivity index (χ2v) is 7.83. The van der Waals surface area contributed by atoms with Crippen molar-refractivity contribution < 1.29 is 8.42 Å². The van der Waals surface area contributed by atoms with E-state index in [1.165, 1.54) is 6.20 Å². The van der Waals surface area contributed by atoms with Crippen LogP contribution in [0.25, 0.3) is 0 Å². The molecule has 1 saturated heterocycles. The Morgan fingerprint density at radius 3 is 2.48 bits per heavy atom. The van der Waals surface area contributed by atoms with Gasteiger partial charge < -0.3 is 5.32 Å². The number of sulfonamides is 1. The summed E-state index contributed by atoms with van der Waals surface area (Å²) in [6, 6.07) is 3.35. The molecular weight excluding hydrogens is 286 g/mol. The molecule has 1 aliphatic heterocycles. The summed E-state index contributed by atoms with van der Waals surface area (Å²) in [6.07, 6.45) is 3.33. The zero-order valence-electron chi connectivity index (χ0n) is 13.0. The normalized spacial score (nSPS) is 18.1. The maximum Gasteiger partial charge on any atom is 0.244 e. The number of pyridine rings is 1. The number of hydrogen-bond acceptors (Lipinski definition) is 4. The van der Waals surface area contributed by atoms with Crippen LogP contribution in [0.5, 0.6) is 0 Å². The first-order valence-electron chi connectivity index (χ1n) is 7.65. The van der Waals surface area contributed by atoms with Crippen molar-refractivity contribution in [3.8, 4) is 0 Å². The first-order valence-corrected chi connectivity index (χ1v) is 9.09. The van der Waals surface area contributed by atoms with Crippen molar-refractivity contribution in [2.24, 2.45) is 11.8 Å². The second-order valence-electron chi connectivity index (χ2n) is 5.90. The zero-order valence-corrected chi connectivity index (χ0v) is 13.9. The second kappa shape index (κ2) is 6.75. The minimum Gasteiger partial charge on any atom is -0.370 e. The molecule has 0 bridgehead atoms. The van der Waals surface area contributed by atoms with E-state index in [4.69, 9.17) is 0 Å². The molecule has 2 rings (SSSR count). The van der Waals surface area contributed by atoms with E-state index in [1.807, 2.05) is 6.92 Å². The van der Waals surface area contributed by atoms with Gasteiger partial charge in [-0.3, -0.25) is 0 Å². The quantitative estimate of drug-likeness (QED) is 0.908. The van der Waals surface area contributed by atoms with Crippen molar-refractivity contribution in [2.45, 2.75) is 38.5 Å². The lowest BCUT2D eigenvalue weighted by molar-refractivity contribution is 0.226. The average molecular weight is 311 g/mol. The van der Waals surface area contributed by atoms with Crippen molar-refractivity contribution in [1.29, 1.82) is 0 Å². The van der Waals surface area contributed by atoms with E-state index in [0.29, 0.717) is 30.7 Å². The van der Waals surface area contributed by atoms with Gasteiger partial charge in [-0.15, -0.1) is 0 Å². The maximum absolute atomic E-state index is 12.6. The standard InChI is InChI=1S/C15H25N3O2S/c1-4-16-15-6-5-14(11-17-15)21(19,20)18-9-7-13(8-10-18)12(2)3/h5-6,11-13H,4,7-10H2,1-3H3,(H,16,17). The molecule has 1 aromatic rings. The lowest BCUT2D eigenvalue weighted by atomic mass is 9.87. The summed E-state index contributed by atoms with van der Waals surface area (Å²) in [5.74, 6) is 1.96. The predicted octanol–water partition coefficient (Wildman–Crippen LogP) is 2.57. The van der Waals surface area contributed by atoms with Crippen LogP contribution in [0.15, 0.2) is 23.2 Å². The van der Waals surface area contributed by atoms with Crippen LogP contribution < -0.4 is 5.32 Å². The SMILES string of the molecule is CCNc1ccc(S(=O)(=O)N2CCC(C(C)C)CC2)cn1. The Morgan fingerprint density at radius 2 is 2.00 bits per heavy atom. The number of piperidine rings is 1. The van der Waals surface area contributed by atoms with Crippen LogP contribution in [-0.2, 0) is 10.0 Å². The molecule has 0 atom stereocenters. The van der Waals surface area contributed by atoms with Gasteiger partial charge in [0.05, 0.1) is 0 Å². The maximum atomic E-state index is 12.6. The summed E-state index contributed by atoms with van der Waals surface area (Å²) in [7, 11) is -3.40. The summed E-state index contributed by atoms with van der Waals surface area (Å²) in [5.41, 5.74) is 0. The fraction of sp³-hybridized carbons (Fsp3) is 0.667. The lowest BCUT2D eigenvalue weighted by Crippen LogP contribution is -2.39.